The largest absolute Gasteiger partial charge is 0.671 e. The van der Waals surface area contributed by atoms with E-state index in [1.807, 2.05) is 27.7 Å². The lowest BCUT2D eigenvalue weighted by molar-refractivity contribution is -0.0834. The van der Waals surface area contributed by atoms with Crippen LogP contribution in [0.2, 0.25) is 0 Å². The highest BCUT2D eigenvalue weighted by molar-refractivity contribution is 6.48. The predicted octanol–water partition coefficient (Wildman–Crippen LogP) is 1.41. The number of hydrogen-bond acceptors (Lipinski definition) is 4. The molecular weight excluding hydrogens is 212 g/mol. The molecule has 0 aromatic heterocycles. The summed E-state index contributed by atoms with van der Waals surface area (Å²) in [6, 6.07) is 0. The van der Waals surface area contributed by atoms with E-state index in [1.54, 1.807) is 0 Å². The molecule has 0 aliphatic rings. The first-order valence-corrected chi connectivity index (χ1v) is 7.47. The van der Waals surface area contributed by atoms with Crippen LogP contribution in [0.1, 0.15) is 53.4 Å². The van der Waals surface area contributed by atoms with E-state index in [-0.39, 0.29) is 5.92 Å². The molecule has 4 nitrogen and oxygen atoms in total. The topological polar surface area (TPSA) is 69.9 Å². The van der Waals surface area contributed by atoms with Crippen LogP contribution in [0.4, 0.5) is 0 Å². The van der Waals surface area contributed by atoms with Crippen molar-refractivity contribution in [1.82, 2.24) is 0 Å². The van der Waals surface area contributed by atoms with E-state index in [4.69, 9.17) is 18.8 Å². The summed E-state index contributed by atoms with van der Waals surface area (Å²) < 4.78 is 5.17. The highest BCUT2D eigenvalue weighted by atomic mass is 28.4. The summed E-state index contributed by atoms with van der Waals surface area (Å²) in [5, 5.41) is 0. The molecule has 0 saturated carbocycles. The van der Waals surface area contributed by atoms with Crippen LogP contribution in [0, 0.1) is 5.92 Å². The summed E-state index contributed by atoms with van der Waals surface area (Å²) in [5.74, 6) is 0.242. The molecule has 0 radical (unpaired) electrons. The Morgan fingerprint density at radius 1 is 1.00 bits per heavy atom. The predicted molar refractivity (Wildman–Crippen MR) is 60.9 cm³/mol. The molecule has 3 N–H and O–H groups in total. The van der Waals surface area contributed by atoms with Gasteiger partial charge in [0.05, 0.1) is 5.60 Å². The molecule has 0 heterocycles. The maximum absolute atomic E-state index is 9.08. The summed E-state index contributed by atoms with van der Waals surface area (Å²) in [6.45, 7) is 7.99. The minimum absolute atomic E-state index is 0.242. The van der Waals surface area contributed by atoms with E-state index in [2.05, 4.69) is 0 Å². The fraction of sp³-hybridized carbons (Fsp3) is 1.00. The van der Waals surface area contributed by atoms with Crippen LogP contribution in [0.5, 0.6) is 0 Å². The van der Waals surface area contributed by atoms with E-state index in [0.29, 0.717) is 12.8 Å². The second-order valence-corrected chi connectivity index (χ2v) is 5.31. The smallest absolute Gasteiger partial charge is 0.368 e. The second kappa shape index (κ2) is 5.96. The van der Waals surface area contributed by atoms with Gasteiger partial charge in [-0.25, -0.2) is 0 Å². The van der Waals surface area contributed by atoms with E-state index >= 15 is 0 Å². The third-order valence-electron chi connectivity index (χ3n) is 3.27. The van der Waals surface area contributed by atoms with Crippen LogP contribution in [0.15, 0.2) is 0 Å². The SMILES string of the molecule is CCC(CC)C(CC)(CC)O[Si](O)(O)O. The summed E-state index contributed by atoms with van der Waals surface area (Å²) in [7, 11) is -4.43. The summed E-state index contributed by atoms with van der Waals surface area (Å²) in [6.07, 6.45) is 3.16. The van der Waals surface area contributed by atoms with Gasteiger partial charge in [-0.1, -0.05) is 40.5 Å². The fourth-order valence-corrected chi connectivity index (χ4v) is 3.36. The van der Waals surface area contributed by atoms with Crippen molar-refractivity contribution in [3.8, 4) is 0 Å². The molecule has 0 saturated heterocycles. The molecule has 0 rings (SSSR count). The van der Waals surface area contributed by atoms with Gasteiger partial charge in [-0.05, 0) is 18.8 Å². The van der Waals surface area contributed by atoms with Crippen LogP contribution < -0.4 is 0 Å². The lowest BCUT2D eigenvalue weighted by atomic mass is 9.80. The van der Waals surface area contributed by atoms with Gasteiger partial charge < -0.3 is 18.8 Å². The zero-order valence-electron chi connectivity index (χ0n) is 10.2. The Morgan fingerprint density at radius 3 is 1.60 bits per heavy atom. The molecule has 0 bridgehead atoms. The van der Waals surface area contributed by atoms with E-state index in [0.717, 1.165) is 12.8 Å². The molecule has 92 valence electrons. The van der Waals surface area contributed by atoms with Crippen LogP contribution in [-0.4, -0.2) is 29.0 Å². The Hall–Kier alpha value is 0.0569. The Kier molecular flexibility index (Phi) is 5.98. The van der Waals surface area contributed by atoms with Crippen LogP contribution >= 0.6 is 0 Å². The van der Waals surface area contributed by atoms with Gasteiger partial charge >= 0.3 is 9.05 Å². The van der Waals surface area contributed by atoms with Crippen molar-refractivity contribution >= 4 is 9.05 Å². The maximum atomic E-state index is 9.08. The maximum Gasteiger partial charge on any atom is 0.671 e. The number of rotatable bonds is 7. The first kappa shape index (κ1) is 15.1. The Labute approximate surface area is 93.4 Å². The molecule has 0 amide bonds. The van der Waals surface area contributed by atoms with Crippen LogP contribution in [0.25, 0.3) is 0 Å². The molecule has 0 aliphatic heterocycles. The lowest BCUT2D eigenvalue weighted by Crippen LogP contribution is -2.52. The van der Waals surface area contributed by atoms with Crippen molar-refractivity contribution in [2.45, 2.75) is 59.0 Å². The lowest BCUT2D eigenvalue weighted by Gasteiger charge is -2.40. The third-order valence-corrected chi connectivity index (χ3v) is 3.95. The first-order chi connectivity index (χ1) is 6.85. The Bertz CT molecular complexity index is 171. The fourth-order valence-electron chi connectivity index (χ4n) is 2.36. The van der Waals surface area contributed by atoms with Gasteiger partial charge in [0.25, 0.3) is 0 Å². The first-order valence-electron chi connectivity index (χ1n) is 5.72. The zero-order valence-corrected chi connectivity index (χ0v) is 11.2. The van der Waals surface area contributed by atoms with Gasteiger partial charge in [0.2, 0.25) is 0 Å². The molecule has 15 heavy (non-hydrogen) atoms. The highest BCUT2D eigenvalue weighted by Crippen LogP contribution is 2.35. The number of hydrogen-bond donors (Lipinski definition) is 3. The molecule has 5 heteroatoms. The van der Waals surface area contributed by atoms with E-state index < -0.39 is 14.6 Å². The van der Waals surface area contributed by atoms with Crippen molar-refractivity contribution in [1.29, 1.82) is 0 Å². The third kappa shape index (κ3) is 4.20. The molecule has 0 aromatic rings. The molecular formula is C10H24O4Si. The minimum Gasteiger partial charge on any atom is -0.368 e. The average molecular weight is 236 g/mol. The molecule has 0 unspecified atom stereocenters. The monoisotopic (exact) mass is 236 g/mol. The van der Waals surface area contributed by atoms with E-state index in [9.17, 15) is 0 Å². The van der Waals surface area contributed by atoms with Gasteiger partial charge in [-0.15, -0.1) is 0 Å². The second-order valence-electron chi connectivity index (χ2n) is 3.96. The van der Waals surface area contributed by atoms with Gasteiger partial charge in [0, 0.05) is 0 Å². The molecule has 0 spiro atoms. The minimum atomic E-state index is -4.43. The van der Waals surface area contributed by atoms with Gasteiger partial charge in [0.1, 0.15) is 0 Å². The van der Waals surface area contributed by atoms with Crippen molar-refractivity contribution < 1.29 is 18.8 Å². The highest BCUT2D eigenvalue weighted by Gasteiger charge is 2.45. The summed E-state index contributed by atoms with van der Waals surface area (Å²) in [4.78, 5) is 27.2. The molecule has 0 aromatic carbocycles. The molecule has 0 aliphatic carbocycles. The van der Waals surface area contributed by atoms with E-state index in [1.165, 1.54) is 0 Å². The van der Waals surface area contributed by atoms with Gasteiger partial charge in [-0.3, -0.25) is 0 Å². The Balaban J connectivity index is 4.85. The van der Waals surface area contributed by atoms with Crippen molar-refractivity contribution in [3.63, 3.8) is 0 Å². The van der Waals surface area contributed by atoms with Gasteiger partial charge in [0.15, 0.2) is 0 Å². The average Bonchev–Trinajstić information content (AvgIpc) is 2.16. The molecule has 0 fully saturated rings. The van der Waals surface area contributed by atoms with Crippen molar-refractivity contribution in [2.75, 3.05) is 0 Å². The summed E-state index contributed by atoms with van der Waals surface area (Å²) in [5.41, 5.74) is -0.603. The normalized spacial score (nSPS) is 13.6. The van der Waals surface area contributed by atoms with Crippen LogP contribution in [-0.2, 0) is 4.43 Å². The Morgan fingerprint density at radius 2 is 1.40 bits per heavy atom. The van der Waals surface area contributed by atoms with Crippen molar-refractivity contribution in [2.24, 2.45) is 5.92 Å². The standard InChI is InChI=1S/C10H24O4Si/c1-5-9(6-2)10(7-3,8-4)14-15(11,12)13/h9,11-13H,5-8H2,1-4H3. The molecule has 0 atom stereocenters. The van der Waals surface area contributed by atoms with Crippen LogP contribution in [0.3, 0.4) is 0 Å². The van der Waals surface area contributed by atoms with Crippen molar-refractivity contribution in [3.05, 3.63) is 0 Å². The quantitative estimate of drug-likeness (QED) is 0.585. The summed E-state index contributed by atoms with van der Waals surface area (Å²) >= 11 is 0. The zero-order chi connectivity index (χ0) is 12.1. The van der Waals surface area contributed by atoms with Gasteiger partial charge in [-0.2, -0.15) is 0 Å².